The fourth-order valence-electron chi connectivity index (χ4n) is 5.28. The first-order valence-corrected chi connectivity index (χ1v) is 12.9. The van der Waals surface area contributed by atoms with Gasteiger partial charge in [0.05, 0.1) is 22.6 Å². The van der Waals surface area contributed by atoms with Crippen molar-refractivity contribution in [3.05, 3.63) is 65.6 Å². The second kappa shape index (κ2) is 9.36. The van der Waals surface area contributed by atoms with Crippen LogP contribution in [0.5, 0.6) is 0 Å². The number of piperazine rings is 1. The molecule has 1 saturated carbocycles. The Labute approximate surface area is 203 Å². The maximum Gasteiger partial charge on any atom is 0.256 e. The van der Waals surface area contributed by atoms with Gasteiger partial charge in [0, 0.05) is 43.3 Å². The molecule has 5 nitrogen and oxygen atoms in total. The number of hydrogen-bond donors (Lipinski definition) is 0. The van der Waals surface area contributed by atoms with Crippen LogP contribution in [-0.2, 0) is 5.41 Å². The number of carbonyl (C=O) groups is 1. The maximum atomic E-state index is 14.3. The molecule has 0 unspecified atom stereocenters. The quantitative estimate of drug-likeness (QED) is 0.473. The van der Waals surface area contributed by atoms with Gasteiger partial charge in [0.15, 0.2) is 0 Å². The Morgan fingerprint density at radius 1 is 1.09 bits per heavy atom. The van der Waals surface area contributed by atoms with E-state index in [1.54, 1.807) is 24.2 Å². The number of carbonyl (C=O) groups excluding carboxylic acids is 1. The number of pyridine rings is 1. The summed E-state index contributed by atoms with van der Waals surface area (Å²) in [4.78, 5) is 20.0. The molecule has 2 heterocycles. The van der Waals surface area contributed by atoms with Crippen molar-refractivity contribution in [2.45, 2.75) is 31.1 Å². The van der Waals surface area contributed by atoms with Gasteiger partial charge in [-0.2, -0.15) is 5.26 Å². The van der Waals surface area contributed by atoms with Gasteiger partial charge >= 0.3 is 0 Å². The molecule has 0 radical (unpaired) electrons. The molecule has 2 aromatic carbocycles. The molecule has 1 aliphatic carbocycles. The Hall–Kier alpha value is -2.95. The Morgan fingerprint density at radius 3 is 2.44 bits per heavy atom. The van der Waals surface area contributed by atoms with E-state index in [-0.39, 0.29) is 11.7 Å². The third-order valence-electron chi connectivity index (χ3n) is 7.24. The molecule has 2 fully saturated rings. The van der Waals surface area contributed by atoms with Crippen molar-refractivity contribution in [3.8, 4) is 17.2 Å². The first kappa shape index (κ1) is 22.8. The Bertz CT molecular complexity index is 1260. The number of rotatable bonds is 4. The minimum Gasteiger partial charge on any atom is -0.336 e. The molecular weight excluding hydrogens is 447 g/mol. The van der Waals surface area contributed by atoms with E-state index in [0.29, 0.717) is 35.1 Å². The van der Waals surface area contributed by atoms with E-state index in [2.05, 4.69) is 15.4 Å². The topological polar surface area (TPSA) is 60.2 Å². The van der Waals surface area contributed by atoms with E-state index in [4.69, 9.17) is 0 Å². The van der Waals surface area contributed by atoms with Crippen LogP contribution in [0.2, 0.25) is 0 Å². The minimum absolute atomic E-state index is 0.0808. The van der Waals surface area contributed by atoms with E-state index in [9.17, 15) is 14.4 Å². The van der Waals surface area contributed by atoms with Crippen LogP contribution < -0.4 is 0 Å². The molecule has 174 valence electrons. The standard InChI is InChI=1S/C27H27FN4OS/c1-34-32-14-12-31(13-15-32)26(33)23-17-30-24-9-8-21(28)16-22(24)25(23)19-4-6-20(7-5-19)27(18-29)10-2-3-11-27/h4-9,16-17H,2-3,10-15H2,1H3. The van der Waals surface area contributed by atoms with Crippen LogP contribution in [-0.4, -0.2) is 52.5 Å². The predicted octanol–water partition coefficient (Wildman–Crippen LogP) is 5.41. The lowest BCUT2D eigenvalue weighted by molar-refractivity contribution is 0.0704. The largest absolute Gasteiger partial charge is 0.336 e. The van der Waals surface area contributed by atoms with Crippen LogP contribution in [0.1, 0.15) is 41.6 Å². The number of hydrogen-bond acceptors (Lipinski definition) is 5. The van der Waals surface area contributed by atoms with Crippen LogP contribution in [0.3, 0.4) is 0 Å². The summed E-state index contributed by atoms with van der Waals surface area (Å²) in [6, 6.07) is 15.0. The van der Waals surface area contributed by atoms with Crippen molar-refractivity contribution in [2.75, 3.05) is 32.4 Å². The highest BCUT2D eigenvalue weighted by Crippen LogP contribution is 2.41. The first-order valence-electron chi connectivity index (χ1n) is 11.7. The normalized spacial score (nSPS) is 18.2. The molecule has 1 amide bonds. The van der Waals surface area contributed by atoms with Gasteiger partial charge in [-0.25, -0.2) is 8.70 Å². The number of fused-ring (bicyclic) bond motifs is 1. The summed E-state index contributed by atoms with van der Waals surface area (Å²) in [6.07, 6.45) is 7.54. The molecule has 0 N–H and O–H groups in total. The number of nitrogens with zero attached hydrogens (tertiary/aromatic N) is 4. The number of amides is 1. The zero-order valence-corrected chi connectivity index (χ0v) is 20.1. The number of benzene rings is 2. The highest BCUT2D eigenvalue weighted by atomic mass is 32.2. The second-order valence-electron chi connectivity index (χ2n) is 9.09. The predicted molar refractivity (Wildman–Crippen MR) is 134 cm³/mol. The van der Waals surface area contributed by atoms with Gasteiger partial charge < -0.3 is 4.90 Å². The molecule has 3 aromatic rings. The van der Waals surface area contributed by atoms with Crippen molar-refractivity contribution in [3.63, 3.8) is 0 Å². The zero-order valence-electron chi connectivity index (χ0n) is 19.3. The summed E-state index contributed by atoms with van der Waals surface area (Å²) in [5, 5.41) is 10.5. The van der Waals surface area contributed by atoms with E-state index < -0.39 is 5.41 Å². The third-order valence-corrected chi connectivity index (χ3v) is 8.12. The fraction of sp³-hybridized carbons (Fsp3) is 0.370. The Kier molecular flexibility index (Phi) is 6.28. The zero-order chi connectivity index (χ0) is 23.7. The third kappa shape index (κ3) is 4.06. The molecule has 1 saturated heterocycles. The van der Waals surface area contributed by atoms with Gasteiger partial charge in [0.25, 0.3) is 5.91 Å². The molecule has 0 atom stereocenters. The summed E-state index contributed by atoms with van der Waals surface area (Å²) in [6.45, 7) is 2.90. The monoisotopic (exact) mass is 474 g/mol. The number of nitriles is 1. The molecule has 5 rings (SSSR count). The van der Waals surface area contributed by atoms with Gasteiger partial charge in [-0.3, -0.25) is 9.78 Å². The van der Waals surface area contributed by atoms with E-state index in [1.165, 1.54) is 12.1 Å². The van der Waals surface area contributed by atoms with Crippen LogP contribution in [0, 0.1) is 17.1 Å². The number of halogens is 1. The van der Waals surface area contributed by atoms with Crippen molar-refractivity contribution in [2.24, 2.45) is 0 Å². The van der Waals surface area contributed by atoms with E-state index in [0.717, 1.165) is 49.9 Å². The van der Waals surface area contributed by atoms with E-state index in [1.807, 2.05) is 35.4 Å². The Morgan fingerprint density at radius 2 is 1.79 bits per heavy atom. The van der Waals surface area contributed by atoms with Gasteiger partial charge in [-0.15, -0.1) is 0 Å². The van der Waals surface area contributed by atoms with Gasteiger partial charge in [0.2, 0.25) is 0 Å². The first-order chi connectivity index (χ1) is 16.5. The molecule has 0 bridgehead atoms. The average molecular weight is 475 g/mol. The van der Waals surface area contributed by atoms with E-state index >= 15 is 0 Å². The maximum absolute atomic E-state index is 14.3. The van der Waals surface area contributed by atoms with Gasteiger partial charge in [0.1, 0.15) is 5.82 Å². The van der Waals surface area contributed by atoms with Crippen LogP contribution in [0.25, 0.3) is 22.0 Å². The Balaban J connectivity index is 1.58. The molecule has 34 heavy (non-hydrogen) atoms. The van der Waals surface area contributed by atoms with Crippen molar-refractivity contribution in [1.29, 1.82) is 5.26 Å². The summed E-state index contributed by atoms with van der Waals surface area (Å²) in [7, 11) is 0. The second-order valence-corrected chi connectivity index (χ2v) is 9.97. The van der Waals surface area contributed by atoms with Gasteiger partial charge in [-0.1, -0.05) is 49.1 Å². The molecule has 0 spiro atoms. The molecule has 1 aromatic heterocycles. The lowest BCUT2D eigenvalue weighted by Gasteiger charge is -2.33. The van der Waals surface area contributed by atoms with Crippen LogP contribution in [0.15, 0.2) is 48.7 Å². The summed E-state index contributed by atoms with van der Waals surface area (Å²) in [5.74, 6) is -0.442. The summed E-state index contributed by atoms with van der Waals surface area (Å²) in [5.41, 5.74) is 3.25. The van der Waals surface area contributed by atoms with Crippen molar-refractivity contribution >= 4 is 28.8 Å². The lowest BCUT2D eigenvalue weighted by Crippen LogP contribution is -2.46. The van der Waals surface area contributed by atoms with Gasteiger partial charge in [-0.05, 0) is 48.4 Å². The SMILES string of the molecule is CSN1CCN(C(=O)c2cnc3ccc(F)cc3c2-c2ccc(C3(C#N)CCCC3)cc2)CC1. The molecule has 7 heteroatoms. The highest BCUT2D eigenvalue weighted by Gasteiger charge is 2.35. The average Bonchev–Trinajstić information content (AvgIpc) is 3.38. The molecule has 1 aliphatic heterocycles. The van der Waals surface area contributed by atoms with Crippen molar-refractivity contribution < 1.29 is 9.18 Å². The van der Waals surface area contributed by atoms with Crippen LogP contribution >= 0.6 is 11.9 Å². The number of aromatic nitrogens is 1. The fourth-order valence-corrected chi connectivity index (χ4v) is 5.81. The molecule has 2 aliphatic rings. The minimum atomic E-state index is -0.430. The summed E-state index contributed by atoms with van der Waals surface area (Å²) >= 11 is 1.69. The lowest BCUT2D eigenvalue weighted by atomic mass is 9.80. The van der Waals surface area contributed by atoms with Crippen molar-refractivity contribution in [1.82, 2.24) is 14.2 Å². The molecular formula is C27H27FN4OS. The summed E-state index contributed by atoms with van der Waals surface area (Å²) < 4.78 is 16.5. The van der Waals surface area contributed by atoms with Crippen LogP contribution in [0.4, 0.5) is 4.39 Å². The highest BCUT2D eigenvalue weighted by molar-refractivity contribution is 7.96. The smallest absolute Gasteiger partial charge is 0.256 e.